The number of aromatic nitrogens is 1. The first-order valence-electron chi connectivity index (χ1n) is 17.3. The van der Waals surface area contributed by atoms with Gasteiger partial charge in [-0.2, -0.15) is 5.48 Å². The third kappa shape index (κ3) is 7.57. The van der Waals surface area contributed by atoms with Crippen LogP contribution in [-0.4, -0.2) is 46.2 Å². The van der Waals surface area contributed by atoms with Crippen LogP contribution in [-0.2, 0) is 20.8 Å². The van der Waals surface area contributed by atoms with Crippen molar-refractivity contribution in [2.24, 2.45) is 17.3 Å². The van der Waals surface area contributed by atoms with Gasteiger partial charge in [0.1, 0.15) is 17.7 Å². The van der Waals surface area contributed by atoms with E-state index in [1.54, 1.807) is 41.3 Å². The summed E-state index contributed by atoms with van der Waals surface area (Å²) in [6, 6.07) is 18.7. The summed E-state index contributed by atoms with van der Waals surface area (Å²) in [6.45, 7) is 0.152. The number of ether oxygens (including phenoxy) is 1. The molecule has 2 amide bonds. The average Bonchev–Trinajstić information content (AvgIpc) is 3.40. The highest BCUT2D eigenvalue weighted by Gasteiger charge is 2.61. The quantitative estimate of drug-likeness (QED) is 0.160. The third-order valence-electron chi connectivity index (χ3n) is 10.1. The normalized spacial score (nSPS) is 26.3. The van der Waals surface area contributed by atoms with Crippen LogP contribution in [0.3, 0.4) is 0 Å². The smallest absolute Gasteiger partial charge is 0.274 e. The molecule has 11 heteroatoms. The number of hydroxylamine groups is 1. The second-order valence-corrected chi connectivity index (χ2v) is 14.6. The van der Waals surface area contributed by atoms with E-state index in [4.69, 9.17) is 9.57 Å². The van der Waals surface area contributed by atoms with Crippen LogP contribution in [0.15, 0.2) is 84.9 Å². The second kappa shape index (κ2) is 14.7. The second-order valence-electron chi connectivity index (χ2n) is 13.6. The zero-order chi connectivity index (χ0) is 34.7. The molecule has 4 aromatic rings. The lowest BCUT2D eigenvalue weighted by Gasteiger charge is -2.29. The number of carbonyl (C=O) groups excluding carboxylic acids is 3. The summed E-state index contributed by atoms with van der Waals surface area (Å²) in [5.41, 5.74) is 2.90. The van der Waals surface area contributed by atoms with Gasteiger partial charge in [0.2, 0.25) is 5.91 Å². The van der Waals surface area contributed by atoms with E-state index in [-0.39, 0.29) is 54.5 Å². The number of Topliss-reactive ketones (excluding diaryl/α,β-unsaturated/α-hetero) is 1. The Balaban J connectivity index is 1.16. The fourth-order valence-corrected chi connectivity index (χ4v) is 8.25. The molecule has 0 bridgehead atoms. The van der Waals surface area contributed by atoms with Gasteiger partial charge in [0.05, 0.1) is 28.2 Å². The van der Waals surface area contributed by atoms with Crippen molar-refractivity contribution >= 4 is 39.2 Å². The molecule has 0 unspecified atom stereocenters. The molecule has 3 aromatic carbocycles. The van der Waals surface area contributed by atoms with Crippen LogP contribution in [0, 0.1) is 28.9 Å². The number of para-hydroxylation sites is 1. The van der Waals surface area contributed by atoms with Crippen LogP contribution in [0.1, 0.15) is 56.9 Å². The number of nitrogens with one attached hydrogen (secondary N) is 1. The number of hydrogen-bond donors (Lipinski definition) is 1. The average molecular weight is 700 g/mol. The predicted octanol–water partition coefficient (Wildman–Crippen LogP) is 7.38. The van der Waals surface area contributed by atoms with Crippen molar-refractivity contribution < 1.29 is 32.7 Å². The van der Waals surface area contributed by atoms with Gasteiger partial charge in [0.25, 0.3) is 11.1 Å². The summed E-state index contributed by atoms with van der Waals surface area (Å²) in [7, 11) is 0. The SMILES string of the molecule is O=C1C[C@]2(C(=O)NOc3ccccc3)C[C@H]2/C=C\CCCCC[C@H](Cc2cccc(F)c2)C(=O)N2C[C@H](Oc3nc4ccc(F)cc4s3)C[C@@H]12. The molecule has 2 fully saturated rings. The summed E-state index contributed by atoms with van der Waals surface area (Å²) in [4.78, 5) is 54.3. The Bertz CT molecular complexity index is 1900. The van der Waals surface area contributed by atoms with Crippen molar-refractivity contribution in [3.05, 3.63) is 102 Å². The number of halogens is 2. The molecular formula is C39H39F2N3O5S. The number of rotatable bonds is 7. The number of allylic oxidation sites excluding steroid dienone is 2. The minimum Gasteiger partial charge on any atom is -0.465 e. The first-order valence-corrected chi connectivity index (χ1v) is 18.1. The maximum absolute atomic E-state index is 14.5. The minimum atomic E-state index is -1.01. The number of carbonyl (C=O) groups is 3. The van der Waals surface area contributed by atoms with E-state index >= 15 is 0 Å². The first-order chi connectivity index (χ1) is 24.3. The van der Waals surface area contributed by atoms with E-state index in [9.17, 15) is 23.2 Å². The van der Waals surface area contributed by atoms with Crippen LogP contribution < -0.4 is 15.1 Å². The lowest BCUT2D eigenvalue weighted by atomic mass is 9.90. The highest BCUT2D eigenvalue weighted by atomic mass is 32.1. The molecule has 8 nitrogen and oxygen atoms in total. The molecule has 2 aliphatic heterocycles. The molecule has 50 heavy (non-hydrogen) atoms. The van der Waals surface area contributed by atoms with Gasteiger partial charge in [-0.1, -0.05) is 66.7 Å². The monoisotopic (exact) mass is 699 g/mol. The number of benzene rings is 3. The predicted molar refractivity (Wildman–Crippen MR) is 185 cm³/mol. The van der Waals surface area contributed by atoms with E-state index in [0.29, 0.717) is 40.4 Å². The fraction of sp³-hybridized carbons (Fsp3) is 0.385. The number of ketones is 1. The van der Waals surface area contributed by atoms with E-state index < -0.39 is 23.5 Å². The summed E-state index contributed by atoms with van der Waals surface area (Å²) >= 11 is 1.21. The number of thiazole rings is 1. The van der Waals surface area contributed by atoms with Gasteiger partial charge in [-0.15, -0.1) is 0 Å². The molecular weight excluding hydrogens is 661 g/mol. The van der Waals surface area contributed by atoms with Crippen molar-refractivity contribution in [2.75, 3.05) is 6.54 Å². The Morgan fingerprint density at radius 3 is 2.68 bits per heavy atom. The molecule has 5 atom stereocenters. The lowest BCUT2D eigenvalue weighted by molar-refractivity contribution is -0.143. The van der Waals surface area contributed by atoms with Crippen LogP contribution in [0.25, 0.3) is 10.2 Å². The third-order valence-corrected chi connectivity index (χ3v) is 11.0. The number of fused-ring (bicyclic) bond motifs is 3. The lowest BCUT2D eigenvalue weighted by Crippen LogP contribution is -2.46. The molecule has 3 heterocycles. The van der Waals surface area contributed by atoms with Crippen LogP contribution >= 0.6 is 11.3 Å². The van der Waals surface area contributed by atoms with E-state index in [2.05, 4.69) is 16.5 Å². The zero-order valence-corrected chi connectivity index (χ0v) is 28.4. The van der Waals surface area contributed by atoms with Crippen LogP contribution in [0.5, 0.6) is 10.9 Å². The van der Waals surface area contributed by atoms with Gasteiger partial charge < -0.3 is 14.5 Å². The van der Waals surface area contributed by atoms with Gasteiger partial charge in [-0.3, -0.25) is 14.4 Å². The summed E-state index contributed by atoms with van der Waals surface area (Å²) < 4.78 is 35.0. The van der Waals surface area contributed by atoms with Gasteiger partial charge in [0.15, 0.2) is 11.5 Å². The van der Waals surface area contributed by atoms with Crippen molar-refractivity contribution in [1.82, 2.24) is 15.4 Å². The van der Waals surface area contributed by atoms with E-state index in [0.717, 1.165) is 31.2 Å². The Hall–Kier alpha value is -4.64. The fourth-order valence-electron chi connectivity index (χ4n) is 7.34. The van der Waals surface area contributed by atoms with Crippen LogP contribution in [0.4, 0.5) is 8.78 Å². The van der Waals surface area contributed by atoms with Crippen molar-refractivity contribution in [3.63, 3.8) is 0 Å². The molecule has 1 saturated heterocycles. The van der Waals surface area contributed by atoms with Crippen LogP contribution in [0.2, 0.25) is 0 Å². The molecule has 0 spiro atoms. The standard InChI is InChI=1S/C39H39F2N3O5S/c40-28-13-9-10-25(19-28)18-26-11-5-2-1-3-6-12-27-22-39(27,37(47)43-49-30-14-7-4-8-15-30)23-34(45)33-21-31(24-44(33)36(26)46)48-38-42-32-17-16-29(41)20-35(32)50-38/h4,6-10,12-17,19-20,26-27,31,33H,1-3,5,11,18,21-24H2,(H,43,47)/b12-6-/t26-,27-,31-,33+,39-/m1/s1. The number of hydrogen-bond acceptors (Lipinski definition) is 7. The van der Waals surface area contributed by atoms with E-state index in [1.165, 1.54) is 35.6 Å². The largest absolute Gasteiger partial charge is 0.465 e. The highest BCUT2D eigenvalue weighted by Crippen LogP contribution is 2.57. The van der Waals surface area contributed by atoms with Gasteiger partial charge in [0, 0.05) is 18.8 Å². The Morgan fingerprint density at radius 1 is 1.00 bits per heavy atom. The Morgan fingerprint density at radius 2 is 1.84 bits per heavy atom. The minimum absolute atomic E-state index is 0.0673. The molecule has 1 N–H and O–H groups in total. The number of amides is 2. The molecule has 7 rings (SSSR count). The van der Waals surface area contributed by atoms with Gasteiger partial charge in [-0.25, -0.2) is 13.8 Å². The van der Waals surface area contributed by atoms with Crippen molar-refractivity contribution in [2.45, 2.75) is 69.9 Å². The summed E-state index contributed by atoms with van der Waals surface area (Å²) in [5, 5.41) is 0.329. The summed E-state index contributed by atoms with van der Waals surface area (Å²) in [5.74, 6) is -1.65. The zero-order valence-electron chi connectivity index (χ0n) is 27.6. The van der Waals surface area contributed by atoms with E-state index in [1.807, 2.05) is 18.2 Å². The van der Waals surface area contributed by atoms with Gasteiger partial charge in [-0.05, 0) is 86.1 Å². The molecule has 1 aliphatic carbocycles. The Kier molecular flexibility index (Phi) is 9.94. The van der Waals surface area contributed by atoms with Crippen molar-refractivity contribution in [3.8, 4) is 10.9 Å². The molecule has 1 saturated carbocycles. The maximum atomic E-state index is 14.5. The van der Waals surface area contributed by atoms with Gasteiger partial charge >= 0.3 is 0 Å². The molecule has 260 valence electrons. The maximum Gasteiger partial charge on any atom is 0.274 e. The van der Waals surface area contributed by atoms with Crippen molar-refractivity contribution in [1.29, 1.82) is 0 Å². The number of nitrogens with zero attached hydrogens (tertiary/aromatic N) is 2. The first kappa shape index (κ1) is 33.8. The summed E-state index contributed by atoms with van der Waals surface area (Å²) in [6.07, 6.45) is 8.64. The molecule has 3 aliphatic rings. The topological polar surface area (TPSA) is 97.8 Å². The highest BCUT2D eigenvalue weighted by molar-refractivity contribution is 7.20. The molecule has 1 aromatic heterocycles. The molecule has 0 radical (unpaired) electrons. The Labute approximate surface area is 293 Å².